The molecule has 0 spiro atoms. The summed E-state index contributed by atoms with van der Waals surface area (Å²) in [5, 5.41) is 13.7. The zero-order valence-electron chi connectivity index (χ0n) is 18.3. The lowest BCUT2D eigenvalue weighted by atomic mass is 9.85. The number of carbonyl (C=O) groups is 1. The Morgan fingerprint density at radius 3 is 2.58 bits per heavy atom. The van der Waals surface area contributed by atoms with Gasteiger partial charge in [0.05, 0.1) is 0 Å². The van der Waals surface area contributed by atoms with E-state index in [9.17, 15) is 4.79 Å². The minimum atomic E-state index is -0.116. The van der Waals surface area contributed by atoms with Gasteiger partial charge in [-0.25, -0.2) is 0 Å². The van der Waals surface area contributed by atoms with Crippen molar-refractivity contribution in [3.05, 3.63) is 84.2 Å². The number of rotatable bonds is 8. The second-order valence-electron chi connectivity index (χ2n) is 7.98. The number of carbonyl (C=O) groups excluding carboxylic acids is 1. The van der Waals surface area contributed by atoms with Crippen LogP contribution in [0.5, 0.6) is 0 Å². The normalized spacial score (nSPS) is 11.8. The first-order valence-corrected chi connectivity index (χ1v) is 10.3. The van der Waals surface area contributed by atoms with Crippen molar-refractivity contribution in [2.24, 2.45) is 4.99 Å². The number of guanidine groups is 1. The van der Waals surface area contributed by atoms with E-state index in [1.807, 2.05) is 30.3 Å². The summed E-state index contributed by atoms with van der Waals surface area (Å²) in [5.74, 6) is 0.617. The molecule has 3 N–H and O–H groups in total. The zero-order valence-corrected chi connectivity index (χ0v) is 18.3. The summed E-state index contributed by atoms with van der Waals surface area (Å²) < 4.78 is 1.59. The predicted octanol–water partition coefficient (Wildman–Crippen LogP) is 3.16. The Hall–Kier alpha value is -3.61. The van der Waals surface area contributed by atoms with Crippen LogP contribution in [0.2, 0.25) is 0 Å². The maximum absolute atomic E-state index is 12.2. The molecule has 0 aliphatic heterocycles. The highest BCUT2D eigenvalue weighted by molar-refractivity contribution is 5.90. The fourth-order valence-electron chi connectivity index (χ4n) is 3.20. The van der Waals surface area contributed by atoms with Crippen LogP contribution >= 0.6 is 0 Å². The van der Waals surface area contributed by atoms with Crippen LogP contribution in [0, 0.1) is 0 Å². The van der Waals surface area contributed by atoms with E-state index in [4.69, 9.17) is 0 Å². The number of nitrogens with zero attached hydrogens (tertiary/aromatic N) is 3. The quantitative estimate of drug-likeness (QED) is 0.388. The molecule has 7 heteroatoms. The first-order chi connectivity index (χ1) is 15.0. The maximum atomic E-state index is 12.2. The number of anilines is 1. The molecule has 3 rings (SSSR count). The van der Waals surface area contributed by atoms with Crippen LogP contribution in [-0.2, 0) is 23.3 Å². The van der Waals surface area contributed by atoms with E-state index in [1.54, 1.807) is 30.2 Å². The van der Waals surface area contributed by atoms with Crippen molar-refractivity contribution < 1.29 is 4.79 Å². The first-order valence-electron chi connectivity index (χ1n) is 10.3. The van der Waals surface area contributed by atoms with E-state index < -0.39 is 0 Å². The summed E-state index contributed by atoms with van der Waals surface area (Å²) in [5.41, 5.74) is 3.04. The SMILES string of the molecule is CN=C(NCc1cccc(NC(=O)Cn2cccn2)c1)NCC(C)(C)c1ccccc1. The monoisotopic (exact) mass is 418 g/mol. The van der Waals surface area contributed by atoms with Gasteiger partial charge < -0.3 is 16.0 Å². The number of nitrogens with one attached hydrogen (secondary N) is 3. The molecule has 1 amide bonds. The molecule has 0 aliphatic rings. The van der Waals surface area contributed by atoms with Gasteiger partial charge in [0, 0.05) is 43.6 Å². The smallest absolute Gasteiger partial charge is 0.246 e. The van der Waals surface area contributed by atoms with Crippen LogP contribution < -0.4 is 16.0 Å². The van der Waals surface area contributed by atoms with Crippen LogP contribution in [0.25, 0.3) is 0 Å². The summed E-state index contributed by atoms with van der Waals surface area (Å²) >= 11 is 0. The molecule has 0 fully saturated rings. The van der Waals surface area contributed by atoms with Crippen LogP contribution in [0.4, 0.5) is 5.69 Å². The highest BCUT2D eigenvalue weighted by Crippen LogP contribution is 2.21. The summed E-state index contributed by atoms with van der Waals surface area (Å²) in [4.78, 5) is 16.5. The molecule has 1 aromatic heterocycles. The van der Waals surface area contributed by atoms with Gasteiger partial charge in [-0.3, -0.25) is 14.5 Å². The molecular weight excluding hydrogens is 388 g/mol. The molecule has 0 saturated heterocycles. The van der Waals surface area contributed by atoms with Gasteiger partial charge in [-0.2, -0.15) is 5.10 Å². The van der Waals surface area contributed by atoms with Crippen LogP contribution in [0.15, 0.2) is 78.0 Å². The molecule has 0 aliphatic carbocycles. The van der Waals surface area contributed by atoms with Crippen molar-refractivity contribution in [1.82, 2.24) is 20.4 Å². The average Bonchev–Trinajstić information content (AvgIpc) is 3.27. The summed E-state index contributed by atoms with van der Waals surface area (Å²) in [6.45, 7) is 5.94. The Bertz CT molecular complexity index is 996. The minimum Gasteiger partial charge on any atom is -0.356 e. The van der Waals surface area contributed by atoms with Crippen molar-refractivity contribution >= 4 is 17.6 Å². The van der Waals surface area contributed by atoms with E-state index in [-0.39, 0.29) is 17.9 Å². The molecule has 0 atom stereocenters. The lowest BCUT2D eigenvalue weighted by Gasteiger charge is -2.26. The number of aromatic nitrogens is 2. The third-order valence-corrected chi connectivity index (χ3v) is 5.01. The van der Waals surface area contributed by atoms with E-state index in [1.165, 1.54) is 5.56 Å². The predicted molar refractivity (Wildman–Crippen MR) is 125 cm³/mol. The molecule has 0 unspecified atom stereocenters. The van der Waals surface area contributed by atoms with Crippen LogP contribution in [0.1, 0.15) is 25.0 Å². The van der Waals surface area contributed by atoms with Gasteiger partial charge in [0.25, 0.3) is 0 Å². The first kappa shape index (κ1) is 22.1. The fraction of sp³-hybridized carbons (Fsp3) is 0.292. The van der Waals surface area contributed by atoms with Gasteiger partial charge in [0.15, 0.2) is 5.96 Å². The maximum Gasteiger partial charge on any atom is 0.246 e. The lowest BCUT2D eigenvalue weighted by Crippen LogP contribution is -2.43. The molecular formula is C24H30N6O. The van der Waals surface area contributed by atoms with Crippen molar-refractivity contribution in [3.63, 3.8) is 0 Å². The van der Waals surface area contributed by atoms with Gasteiger partial charge >= 0.3 is 0 Å². The molecule has 3 aromatic rings. The molecule has 31 heavy (non-hydrogen) atoms. The third kappa shape index (κ3) is 6.70. The van der Waals surface area contributed by atoms with E-state index in [2.05, 4.69) is 64.2 Å². The molecule has 1 heterocycles. The number of hydrogen-bond acceptors (Lipinski definition) is 3. The molecule has 2 aromatic carbocycles. The van der Waals surface area contributed by atoms with Gasteiger partial charge in [-0.1, -0.05) is 56.3 Å². The van der Waals surface area contributed by atoms with E-state index in [0.29, 0.717) is 6.54 Å². The van der Waals surface area contributed by atoms with Gasteiger partial charge in [-0.15, -0.1) is 0 Å². The molecule has 162 valence electrons. The Morgan fingerprint density at radius 2 is 1.87 bits per heavy atom. The third-order valence-electron chi connectivity index (χ3n) is 5.01. The van der Waals surface area contributed by atoms with Crippen LogP contribution in [0.3, 0.4) is 0 Å². The molecule has 0 bridgehead atoms. The summed E-state index contributed by atoms with van der Waals surface area (Å²) in [7, 11) is 1.76. The van der Waals surface area contributed by atoms with Crippen molar-refractivity contribution in [2.45, 2.75) is 32.4 Å². The highest BCUT2D eigenvalue weighted by atomic mass is 16.2. The Labute approximate surface area is 183 Å². The van der Waals surface area contributed by atoms with Gasteiger partial charge in [0.1, 0.15) is 6.54 Å². The van der Waals surface area contributed by atoms with Gasteiger partial charge in [-0.05, 0) is 29.3 Å². The number of amides is 1. The molecule has 0 radical (unpaired) electrons. The van der Waals surface area contributed by atoms with Crippen molar-refractivity contribution in [2.75, 3.05) is 18.9 Å². The van der Waals surface area contributed by atoms with Gasteiger partial charge in [0.2, 0.25) is 5.91 Å². The summed E-state index contributed by atoms with van der Waals surface area (Å²) in [6.07, 6.45) is 3.42. The van der Waals surface area contributed by atoms with E-state index >= 15 is 0 Å². The number of benzene rings is 2. The topological polar surface area (TPSA) is 83.3 Å². The average molecular weight is 419 g/mol. The van der Waals surface area contributed by atoms with Crippen molar-refractivity contribution in [1.29, 1.82) is 0 Å². The Balaban J connectivity index is 1.51. The number of aliphatic imine (C=N–C) groups is 1. The molecule has 0 saturated carbocycles. The second-order valence-corrected chi connectivity index (χ2v) is 7.98. The Kier molecular flexibility index (Phi) is 7.43. The standard InChI is InChI=1S/C24H30N6O/c1-24(2,20-10-5-4-6-11-20)18-27-23(25-3)26-16-19-9-7-12-21(15-19)29-22(31)17-30-14-8-13-28-30/h4-15H,16-18H2,1-3H3,(H,29,31)(H2,25,26,27). The highest BCUT2D eigenvalue weighted by Gasteiger charge is 2.20. The second kappa shape index (κ2) is 10.4. The fourth-order valence-corrected chi connectivity index (χ4v) is 3.20. The number of hydrogen-bond donors (Lipinski definition) is 3. The molecule has 7 nitrogen and oxygen atoms in total. The minimum absolute atomic E-state index is 0.0301. The summed E-state index contributed by atoms with van der Waals surface area (Å²) in [6, 6.07) is 20.0. The Morgan fingerprint density at radius 1 is 1.06 bits per heavy atom. The largest absolute Gasteiger partial charge is 0.356 e. The van der Waals surface area contributed by atoms with Crippen LogP contribution in [-0.4, -0.2) is 35.2 Å². The lowest BCUT2D eigenvalue weighted by molar-refractivity contribution is -0.116. The van der Waals surface area contributed by atoms with E-state index in [0.717, 1.165) is 23.8 Å². The zero-order chi connectivity index (χ0) is 22.1. The van der Waals surface area contributed by atoms with Crippen molar-refractivity contribution in [3.8, 4) is 0 Å².